The number of amides is 1. The molecule has 1 aromatic carbocycles. The van der Waals surface area contributed by atoms with Crippen LogP contribution in [0.1, 0.15) is 20.8 Å². The minimum Gasteiger partial charge on any atom is -0.478 e. The van der Waals surface area contributed by atoms with Crippen molar-refractivity contribution in [2.75, 3.05) is 24.3 Å². The van der Waals surface area contributed by atoms with Crippen molar-refractivity contribution in [2.45, 2.75) is 0 Å². The number of aromatic nitrogens is 1. The Morgan fingerprint density at radius 2 is 1.86 bits per heavy atom. The summed E-state index contributed by atoms with van der Waals surface area (Å²) >= 11 is 0. The number of nitrogens with zero attached hydrogens (tertiary/aromatic N) is 2. The van der Waals surface area contributed by atoms with Crippen molar-refractivity contribution in [3.05, 3.63) is 53.9 Å². The monoisotopic (exact) mass is 285 g/mol. The number of rotatable bonds is 4. The van der Waals surface area contributed by atoms with Gasteiger partial charge in [-0.25, -0.2) is 4.79 Å². The predicted octanol–water partition coefficient (Wildman–Crippen LogP) is 2.10. The second-order valence-corrected chi connectivity index (χ2v) is 4.57. The van der Waals surface area contributed by atoms with Gasteiger partial charge < -0.3 is 15.3 Å². The highest BCUT2D eigenvalue weighted by Crippen LogP contribution is 2.24. The molecule has 1 aromatic heterocycles. The van der Waals surface area contributed by atoms with Gasteiger partial charge in [0.15, 0.2) is 0 Å². The Morgan fingerprint density at radius 1 is 1.14 bits per heavy atom. The summed E-state index contributed by atoms with van der Waals surface area (Å²) in [6.07, 6.45) is 1.39. The minimum absolute atomic E-state index is 0.112. The van der Waals surface area contributed by atoms with Crippen LogP contribution in [0.15, 0.2) is 42.6 Å². The second-order valence-electron chi connectivity index (χ2n) is 4.57. The molecule has 0 aliphatic heterocycles. The standard InChI is InChI=1S/C15H15N3O3/c1-18(2)12-8-4-3-7-11(12)17-14(19)13-10(15(20)21)6-5-9-16-13/h3-9H,1-2H3,(H,17,19)(H,20,21). The molecule has 0 atom stereocenters. The molecule has 1 amide bonds. The number of pyridine rings is 1. The van der Waals surface area contributed by atoms with Gasteiger partial charge in [-0.05, 0) is 24.3 Å². The van der Waals surface area contributed by atoms with E-state index in [1.54, 1.807) is 12.1 Å². The zero-order chi connectivity index (χ0) is 15.4. The average Bonchev–Trinajstić information content (AvgIpc) is 2.47. The van der Waals surface area contributed by atoms with E-state index >= 15 is 0 Å². The molecule has 6 nitrogen and oxygen atoms in total. The van der Waals surface area contributed by atoms with E-state index in [-0.39, 0.29) is 11.3 Å². The molecule has 0 fully saturated rings. The van der Waals surface area contributed by atoms with Crippen LogP contribution in [0, 0.1) is 0 Å². The van der Waals surface area contributed by atoms with Crippen molar-refractivity contribution in [2.24, 2.45) is 0 Å². The average molecular weight is 285 g/mol. The van der Waals surface area contributed by atoms with Crippen LogP contribution >= 0.6 is 0 Å². The van der Waals surface area contributed by atoms with E-state index in [0.717, 1.165) is 5.69 Å². The summed E-state index contributed by atoms with van der Waals surface area (Å²) in [5.74, 6) is -1.74. The molecule has 0 saturated carbocycles. The van der Waals surface area contributed by atoms with Crippen LogP contribution < -0.4 is 10.2 Å². The summed E-state index contributed by atoms with van der Waals surface area (Å²) in [6.45, 7) is 0. The number of carbonyl (C=O) groups excluding carboxylic acids is 1. The Kier molecular flexibility index (Phi) is 4.18. The number of hydrogen-bond donors (Lipinski definition) is 2. The van der Waals surface area contributed by atoms with Gasteiger partial charge >= 0.3 is 5.97 Å². The van der Waals surface area contributed by atoms with E-state index in [4.69, 9.17) is 5.11 Å². The van der Waals surface area contributed by atoms with Gasteiger partial charge in [-0.2, -0.15) is 0 Å². The minimum atomic E-state index is -1.19. The number of para-hydroxylation sites is 2. The first kappa shape index (κ1) is 14.5. The van der Waals surface area contributed by atoms with Gasteiger partial charge in [0, 0.05) is 20.3 Å². The maximum Gasteiger partial charge on any atom is 0.338 e. The highest BCUT2D eigenvalue weighted by molar-refractivity contribution is 6.10. The second kappa shape index (κ2) is 6.04. The Labute approximate surface area is 122 Å². The van der Waals surface area contributed by atoms with Crippen molar-refractivity contribution in [3.8, 4) is 0 Å². The van der Waals surface area contributed by atoms with E-state index in [1.807, 2.05) is 31.1 Å². The third-order valence-corrected chi connectivity index (χ3v) is 2.89. The molecule has 6 heteroatoms. The van der Waals surface area contributed by atoms with E-state index in [1.165, 1.54) is 18.3 Å². The normalized spacial score (nSPS) is 10.0. The lowest BCUT2D eigenvalue weighted by Gasteiger charge is -2.17. The lowest BCUT2D eigenvalue weighted by Crippen LogP contribution is -2.20. The Hall–Kier alpha value is -2.89. The third kappa shape index (κ3) is 3.17. The summed E-state index contributed by atoms with van der Waals surface area (Å²) in [6, 6.07) is 10.1. The van der Waals surface area contributed by atoms with E-state index in [9.17, 15) is 9.59 Å². The fourth-order valence-electron chi connectivity index (χ4n) is 1.91. The summed E-state index contributed by atoms with van der Waals surface area (Å²) in [5.41, 5.74) is 1.17. The van der Waals surface area contributed by atoms with Crippen LogP contribution in [0.5, 0.6) is 0 Å². The number of aromatic carboxylic acids is 1. The van der Waals surface area contributed by atoms with E-state index in [2.05, 4.69) is 10.3 Å². The van der Waals surface area contributed by atoms with Gasteiger partial charge in [0.25, 0.3) is 5.91 Å². The molecule has 0 radical (unpaired) electrons. The van der Waals surface area contributed by atoms with Gasteiger partial charge in [0.2, 0.25) is 0 Å². The fourth-order valence-corrected chi connectivity index (χ4v) is 1.91. The molecule has 2 rings (SSSR count). The molecule has 21 heavy (non-hydrogen) atoms. The van der Waals surface area contributed by atoms with Gasteiger partial charge in [0.1, 0.15) is 5.69 Å². The fraction of sp³-hybridized carbons (Fsp3) is 0.133. The number of benzene rings is 1. The van der Waals surface area contributed by atoms with E-state index in [0.29, 0.717) is 5.69 Å². The Bertz CT molecular complexity index is 683. The lowest BCUT2D eigenvalue weighted by molar-refractivity contribution is 0.0691. The number of carbonyl (C=O) groups is 2. The molecule has 2 N–H and O–H groups in total. The van der Waals surface area contributed by atoms with Crippen LogP contribution in [0.4, 0.5) is 11.4 Å². The molecule has 1 heterocycles. The number of carboxylic acids is 1. The molecule has 108 valence electrons. The smallest absolute Gasteiger partial charge is 0.338 e. The summed E-state index contributed by atoms with van der Waals surface area (Å²) < 4.78 is 0. The number of hydrogen-bond acceptors (Lipinski definition) is 4. The predicted molar refractivity (Wildman–Crippen MR) is 79.9 cm³/mol. The van der Waals surface area contributed by atoms with Crippen molar-refractivity contribution in [3.63, 3.8) is 0 Å². The molecule has 0 bridgehead atoms. The first-order chi connectivity index (χ1) is 10.0. The molecule has 0 aliphatic carbocycles. The van der Waals surface area contributed by atoms with Crippen molar-refractivity contribution < 1.29 is 14.7 Å². The Morgan fingerprint density at radius 3 is 2.52 bits per heavy atom. The lowest BCUT2D eigenvalue weighted by atomic mass is 10.1. The van der Waals surface area contributed by atoms with Crippen molar-refractivity contribution >= 4 is 23.3 Å². The molecule has 0 spiro atoms. The SMILES string of the molecule is CN(C)c1ccccc1NC(=O)c1ncccc1C(=O)O. The van der Waals surface area contributed by atoms with Crippen LogP contribution in [-0.2, 0) is 0 Å². The first-order valence-corrected chi connectivity index (χ1v) is 6.26. The molecular weight excluding hydrogens is 270 g/mol. The third-order valence-electron chi connectivity index (χ3n) is 2.89. The Balaban J connectivity index is 2.33. The number of nitrogens with one attached hydrogen (secondary N) is 1. The summed E-state index contributed by atoms with van der Waals surface area (Å²) in [4.78, 5) is 29.1. The quantitative estimate of drug-likeness (QED) is 0.899. The summed E-state index contributed by atoms with van der Waals surface area (Å²) in [7, 11) is 3.71. The largest absolute Gasteiger partial charge is 0.478 e. The van der Waals surface area contributed by atoms with Gasteiger partial charge in [-0.3, -0.25) is 9.78 Å². The zero-order valence-electron chi connectivity index (χ0n) is 11.7. The van der Waals surface area contributed by atoms with Crippen LogP contribution in [0.2, 0.25) is 0 Å². The van der Waals surface area contributed by atoms with Gasteiger partial charge in [-0.1, -0.05) is 12.1 Å². The molecule has 2 aromatic rings. The van der Waals surface area contributed by atoms with Crippen molar-refractivity contribution in [1.29, 1.82) is 0 Å². The topological polar surface area (TPSA) is 82.5 Å². The number of anilines is 2. The summed E-state index contributed by atoms with van der Waals surface area (Å²) in [5, 5.41) is 11.8. The molecule has 0 unspecified atom stereocenters. The zero-order valence-corrected chi connectivity index (χ0v) is 11.7. The number of carboxylic acid groups (broad SMARTS) is 1. The molecular formula is C15H15N3O3. The van der Waals surface area contributed by atoms with Crippen LogP contribution in [-0.4, -0.2) is 36.1 Å². The van der Waals surface area contributed by atoms with Gasteiger partial charge in [0.05, 0.1) is 16.9 Å². The molecule has 0 saturated heterocycles. The van der Waals surface area contributed by atoms with Crippen molar-refractivity contribution in [1.82, 2.24) is 4.98 Å². The van der Waals surface area contributed by atoms with Crippen LogP contribution in [0.25, 0.3) is 0 Å². The maximum atomic E-state index is 12.3. The maximum absolute atomic E-state index is 12.3. The van der Waals surface area contributed by atoms with Crippen LogP contribution in [0.3, 0.4) is 0 Å². The first-order valence-electron chi connectivity index (χ1n) is 6.26. The van der Waals surface area contributed by atoms with E-state index < -0.39 is 11.9 Å². The highest BCUT2D eigenvalue weighted by Gasteiger charge is 2.18. The highest BCUT2D eigenvalue weighted by atomic mass is 16.4. The van der Waals surface area contributed by atoms with Gasteiger partial charge in [-0.15, -0.1) is 0 Å². The molecule has 0 aliphatic rings.